The number of aromatic nitrogens is 1. The quantitative estimate of drug-likeness (QED) is 0.258. The molecule has 5 aromatic carbocycles. The number of hydrogen-bond acceptors (Lipinski definition) is 2. The van der Waals surface area contributed by atoms with Gasteiger partial charge in [-0.05, 0) is 46.0 Å². The molecule has 6 rings (SSSR count). The molecule has 0 bridgehead atoms. The van der Waals surface area contributed by atoms with E-state index in [2.05, 4.69) is 97.1 Å². The molecular weight excluding hydrogens is 414 g/mol. The van der Waals surface area contributed by atoms with Crippen LogP contribution in [0.25, 0.3) is 55.2 Å². The topological polar surface area (TPSA) is 22.1 Å². The van der Waals surface area contributed by atoms with Crippen molar-refractivity contribution in [3.8, 4) is 39.4 Å². The molecule has 0 spiro atoms. The largest absolute Gasteiger partial charge is 0.497 e. The summed E-state index contributed by atoms with van der Waals surface area (Å²) in [7, 11) is 1.70. The molecule has 0 radical (unpaired) electrons. The summed E-state index contributed by atoms with van der Waals surface area (Å²) in [5.74, 6) is 0.841. The standard InChI is InChI=1S/C32H23NO/c1-34-27-18-16-22(17-19-27)30-28-20-25-14-8-9-15-26(25)21-29(28)31(23-10-4-2-5-11-23)33-32(30)24-12-6-3-7-13-24/h2-21H,1H3. The fraction of sp³-hybridized carbons (Fsp3) is 0.0312. The minimum atomic E-state index is 0.841. The molecule has 1 heterocycles. The third-order valence-electron chi connectivity index (χ3n) is 6.34. The fourth-order valence-corrected chi connectivity index (χ4v) is 4.67. The maximum Gasteiger partial charge on any atom is 0.118 e. The summed E-state index contributed by atoms with van der Waals surface area (Å²) < 4.78 is 5.43. The minimum Gasteiger partial charge on any atom is -0.497 e. The van der Waals surface area contributed by atoms with Crippen LogP contribution in [0.3, 0.4) is 0 Å². The second-order valence-corrected chi connectivity index (χ2v) is 8.39. The molecule has 0 aliphatic rings. The molecule has 0 N–H and O–H groups in total. The molecule has 2 heteroatoms. The number of benzene rings is 5. The van der Waals surface area contributed by atoms with E-state index < -0.39 is 0 Å². The van der Waals surface area contributed by atoms with Crippen molar-refractivity contribution >= 4 is 21.5 Å². The Balaban J connectivity index is 1.78. The molecule has 162 valence electrons. The fourth-order valence-electron chi connectivity index (χ4n) is 4.67. The molecule has 0 amide bonds. The second kappa shape index (κ2) is 8.49. The van der Waals surface area contributed by atoms with Gasteiger partial charge in [-0.25, -0.2) is 4.98 Å². The van der Waals surface area contributed by atoms with Crippen LogP contribution in [-0.4, -0.2) is 12.1 Å². The van der Waals surface area contributed by atoms with E-state index >= 15 is 0 Å². The number of fused-ring (bicyclic) bond motifs is 2. The molecule has 0 saturated heterocycles. The average molecular weight is 438 g/mol. The zero-order chi connectivity index (χ0) is 22.9. The van der Waals surface area contributed by atoms with E-state index in [1.807, 2.05) is 24.3 Å². The van der Waals surface area contributed by atoms with Crippen molar-refractivity contribution in [2.24, 2.45) is 0 Å². The first kappa shape index (κ1) is 20.2. The number of methoxy groups -OCH3 is 1. The third-order valence-corrected chi connectivity index (χ3v) is 6.34. The van der Waals surface area contributed by atoms with Gasteiger partial charge in [-0.1, -0.05) is 97.1 Å². The van der Waals surface area contributed by atoms with Crippen LogP contribution < -0.4 is 4.74 Å². The van der Waals surface area contributed by atoms with Crippen LogP contribution in [0.2, 0.25) is 0 Å². The van der Waals surface area contributed by atoms with Crippen molar-refractivity contribution in [2.45, 2.75) is 0 Å². The van der Waals surface area contributed by atoms with Crippen LogP contribution in [-0.2, 0) is 0 Å². The highest BCUT2D eigenvalue weighted by atomic mass is 16.5. The summed E-state index contributed by atoms with van der Waals surface area (Å²) in [5, 5.41) is 4.77. The van der Waals surface area contributed by atoms with E-state index in [0.29, 0.717) is 0 Å². The van der Waals surface area contributed by atoms with E-state index in [-0.39, 0.29) is 0 Å². The Labute approximate surface area is 199 Å². The smallest absolute Gasteiger partial charge is 0.118 e. The number of pyridine rings is 1. The van der Waals surface area contributed by atoms with Gasteiger partial charge in [0.2, 0.25) is 0 Å². The lowest BCUT2D eigenvalue weighted by Crippen LogP contribution is -1.96. The van der Waals surface area contributed by atoms with Gasteiger partial charge in [-0.15, -0.1) is 0 Å². The summed E-state index contributed by atoms with van der Waals surface area (Å²) in [6.07, 6.45) is 0. The van der Waals surface area contributed by atoms with E-state index in [9.17, 15) is 0 Å². The molecule has 0 saturated carbocycles. The van der Waals surface area contributed by atoms with Crippen molar-refractivity contribution in [3.05, 3.63) is 121 Å². The van der Waals surface area contributed by atoms with Crippen LogP contribution in [0.1, 0.15) is 0 Å². The van der Waals surface area contributed by atoms with Gasteiger partial charge in [0.1, 0.15) is 5.75 Å². The molecule has 0 fully saturated rings. The Kier molecular flexibility index (Phi) is 5.04. The first-order valence-electron chi connectivity index (χ1n) is 11.4. The maximum absolute atomic E-state index is 5.43. The van der Waals surface area contributed by atoms with Gasteiger partial charge in [-0.2, -0.15) is 0 Å². The van der Waals surface area contributed by atoms with Gasteiger partial charge < -0.3 is 4.74 Å². The lowest BCUT2D eigenvalue weighted by atomic mass is 9.90. The first-order chi connectivity index (χ1) is 16.8. The van der Waals surface area contributed by atoms with Gasteiger partial charge in [0.05, 0.1) is 18.5 Å². The third kappa shape index (κ3) is 3.50. The Morgan fingerprint density at radius 1 is 0.500 bits per heavy atom. The Bertz CT molecular complexity index is 1600. The summed E-state index contributed by atoms with van der Waals surface area (Å²) in [6.45, 7) is 0. The molecule has 0 unspecified atom stereocenters. The second-order valence-electron chi connectivity index (χ2n) is 8.39. The minimum absolute atomic E-state index is 0.841. The molecule has 34 heavy (non-hydrogen) atoms. The highest BCUT2D eigenvalue weighted by Gasteiger charge is 2.19. The van der Waals surface area contributed by atoms with E-state index in [1.54, 1.807) is 7.11 Å². The molecule has 0 aliphatic heterocycles. The Hall–Kier alpha value is -4.43. The molecule has 1 aromatic heterocycles. The predicted molar refractivity (Wildman–Crippen MR) is 142 cm³/mol. The van der Waals surface area contributed by atoms with Crippen LogP contribution in [0.4, 0.5) is 0 Å². The number of nitrogens with zero attached hydrogens (tertiary/aromatic N) is 1. The van der Waals surface area contributed by atoms with Crippen LogP contribution in [0, 0.1) is 0 Å². The number of rotatable bonds is 4. The monoisotopic (exact) mass is 437 g/mol. The van der Waals surface area contributed by atoms with Gasteiger partial charge in [0.25, 0.3) is 0 Å². The molecule has 2 nitrogen and oxygen atoms in total. The first-order valence-corrected chi connectivity index (χ1v) is 11.4. The van der Waals surface area contributed by atoms with E-state index in [1.165, 1.54) is 16.2 Å². The van der Waals surface area contributed by atoms with Crippen molar-refractivity contribution in [2.75, 3.05) is 7.11 Å². The van der Waals surface area contributed by atoms with Gasteiger partial charge in [-0.3, -0.25) is 0 Å². The van der Waals surface area contributed by atoms with Crippen molar-refractivity contribution in [1.82, 2.24) is 4.98 Å². The molecule has 0 atom stereocenters. The van der Waals surface area contributed by atoms with Crippen LogP contribution in [0.5, 0.6) is 5.75 Å². The number of hydrogen-bond donors (Lipinski definition) is 0. The lowest BCUT2D eigenvalue weighted by Gasteiger charge is -2.18. The van der Waals surface area contributed by atoms with E-state index in [0.717, 1.165) is 44.8 Å². The SMILES string of the molecule is COc1ccc(-c2c(-c3ccccc3)nc(-c3ccccc3)c3cc4ccccc4cc23)cc1. The van der Waals surface area contributed by atoms with Crippen LogP contribution in [0.15, 0.2) is 121 Å². The zero-order valence-corrected chi connectivity index (χ0v) is 18.9. The lowest BCUT2D eigenvalue weighted by molar-refractivity contribution is 0.415. The maximum atomic E-state index is 5.43. The van der Waals surface area contributed by atoms with Crippen LogP contribution >= 0.6 is 0 Å². The molecule has 6 aromatic rings. The van der Waals surface area contributed by atoms with Crippen molar-refractivity contribution < 1.29 is 4.74 Å². The normalized spacial score (nSPS) is 11.1. The summed E-state index contributed by atoms with van der Waals surface area (Å²) in [4.78, 5) is 5.34. The summed E-state index contributed by atoms with van der Waals surface area (Å²) in [6, 6.07) is 42.3. The zero-order valence-electron chi connectivity index (χ0n) is 18.9. The number of ether oxygens (including phenoxy) is 1. The summed E-state index contributed by atoms with van der Waals surface area (Å²) in [5.41, 5.74) is 6.44. The van der Waals surface area contributed by atoms with Gasteiger partial charge >= 0.3 is 0 Å². The highest BCUT2D eigenvalue weighted by Crippen LogP contribution is 2.42. The molecule has 0 aliphatic carbocycles. The predicted octanol–water partition coefficient (Wildman–Crippen LogP) is 8.40. The summed E-state index contributed by atoms with van der Waals surface area (Å²) >= 11 is 0. The highest BCUT2D eigenvalue weighted by molar-refractivity contribution is 6.12. The average Bonchev–Trinajstić information content (AvgIpc) is 2.92. The Morgan fingerprint density at radius 2 is 1.03 bits per heavy atom. The van der Waals surface area contributed by atoms with Gasteiger partial charge in [0, 0.05) is 22.1 Å². The Morgan fingerprint density at radius 3 is 1.62 bits per heavy atom. The van der Waals surface area contributed by atoms with Crippen molar-refractivity contribution in [3.63, 3.8) is 0 Å². The molecular formula is C32H23NO. The van der Waals surface area contributed by atoms with E-state index in [4.69, 9.17) is 9.72 Å². The van der Waals surface area contributed by atoms with Gasteiger partial charge in [0.15, 0.2) is 0 Å². The van der Waals surface area contributed by atoms with Crippen molar-refractivity contribution in [1.29, 1.82) is 0 Å².